The van der Waals surface area contributed by atoms with Gasteiger partial charge in [0.2, 0.25) is 5.91 Å². The summed E-state index contributed by atoms with van der Waals surface area (Å²) in [6.45, 7) is 4.28. The molecule has 1 aromatic heterocycles. The summed E-state index contributed by atoms with van der Waals surface area (Å²) < 4.78 is 4.88. The molecular weight excluding hydrogens is 364 g/mol. The lowest BCUT2D eigenvalue weighted by atomic mass is 10.0. The average Bonchev–Trinajstić information content (AvgIpc) is 3.14. The van der Waals surface area contributed by atoms with Crippen LogP contribution in [0.15, 0.2) is 60.8 Å². The van der Waals surface area contributed by atoms with Gasteiger partial charge in [-0.25, -0.2) is 4.79 Å². The molecule has 3 aromatic rings. The number of para-hydroxylation sites is 1. The van der Waals surface area contributed by atoms with Crippen LogP contribution in [0, 0.1) is 0 Å². The van der Waals surface area contributed by atoms with E-state index in [1.807, 2.05) is 42.6 Å². The molecule has 0 aliphatic carbocycles. The minimum absolute atomic E-state index is 0.340. The number of methoxy groups -OCH3 is 1. The highest BCUT2D eigenvalue weighted by Crippen LogP contribution is 2.19. The molecule has 0 aliphatic heterocycles. The minimum Gasteiger partial charge on any atom is -0.467 e. The molecule has 150 valence electrons. The Hall–Kier alpha value is -3.34. The fourth-order valence-corrected chi connectivity index (χ4v) is 3.24. The van der Waals surface area contributed by atoms with Gasteiger partial charge in [0.15, 0.2) is 0 Å². The van der Waals surface area contributed by atoms with Gasteiger partial charge in [0, 0.05) is 29.6 Å². The Bertz CT molecular complexity index is 1020. The van der Waals surface area contributed by atoms with Crippen molar-refractivity contribution in [1.29, 1.82) is 0 Å². The maximum atomic E-state index is 12.4. The summed E-state index contributed by atoms with van der Waals surface area (Å²) in [6.07, 6.45) is 5.38. The predicted octanol–water partition coefficient (Wildman–Crippen LogP) is 4.21. The number of aromatic nitrogens is 1. The van der Waals surface area contributed by atoms with E-state index in [9.17, 15) is 9.59 Å². The highest BCUT2D eigenvalue weighted by molar-refractivity contribution is 5.95. The normalized spacial score (nSPS) is 12.4. The van der Waals surface area contributed by atoms with E-state index >= 15 is 0 Å². The van der Waals surface area contributed by atoms with Crippen LogP contribution in [0.5, 0.6) is 0 Å². The summed E-state index contributed by atoms with van der Waals surface area (Å²) >= 11 is 0. The van der Waals surface area contributed by atoms with E-state index in [1.165, 1.54) is 18.7 Å². The lowest BCUT2D eigenvalue weighted by Gasteiger charge is -2.15. The smallest absolute Gasteiger partial charge is 0.328 e. The molecule has 0 aliphatic rings. The van der Waals surface area contributed by atoms with Crippen molar-refractivity contribution in [3.8, 4) is 0 Å². The number of esters is 1. The van der Waals surface area contributed by atoms with Crippen LogP contribution in [0.2, 0.25) is 0 Å². The molecule has 0 saturated heterocycles. The van der Waals surface area contributed by atoms with Gasteiger partial charge in [-0.15, -0.1) is 0 Å². The molecule has 0 saturated carbocycles. The highest BCUT2D eigenvalue weighted by Gasteiger charge is 2.22. The Kier molecular flexibility index (Phi) is 6.50. The highest BCUT2D eigenvalue weighted by atomic mass is 16.5. The molecule has 1 heterocycles. The number of ether oxygens (including phenoxy) is 1. The third-order valence-corrected chi connectivity index (χ3v) is 4.93. The Balaban J connectivity index is 1.69. The van der Waals surface area contributed by atoms with Crippen LogP contribution in [0.25, 0.3) is 17.0 Å². The fraction of sp³-hybridized carbons (Fsp3) is 0.250. The first kappa shape index (κ1) is 20.4. The maximum absolute atomic E-state index is 12.4. The van der Waals surface area contributed by atoms with Crippen molar-refractivity contribution in [2.24, 2.45) is 0 Å². The Morgan fingerprint density at radius 3 is 2.52 bits per heavy atom. The molecule has 3 rings (SSSR count). The number of rotatable bonds is 7. The molecule has 2 N–H and O–H groups in total. The standard InChI is InChI=1S/C24H26N2O3/c1-16(2)18-11-8-17(9-12-18)10-13-23(27)26-22(24(28)29-3)14-19-15-25-21-7-5-4-6-20(19)21/h4-13,15-16,22,25H,14H2,1-3H3,(H,26,27). The molecule has 5 nitrogen and oxygen atoms in total. The minimum atomic E-state index is -0.764. The molecule has 29 heavy (non-hydrogen) atoms. The van der Waals surface area contributed by atoms with Gasteiger partial charge in [0.05, 0.1) is 7.11 Å². The largest absolute Gasteiger partial charge is 0.467 e. The summed E-state index contributed by atoms with van der Waals surface area (Å²) in [5.74, 6) is -0.354. The van der Waals surface area contributed by atoms with Gasteiger partial charge in [0.1, 0.15) is 6.04 Å². The summed E-state index contributed by atoms with van der Waals surface area (Å²) in [6, 6.07) is 15.1. The second-order valence-corrected chi connectivity index (χ2v) is 7.30. The van der Waals surface area contributed by atoms with Crippen molar-refractivity contribution in [1.82, 2.24) is 10.3 Å². The van der Waals surface area contributed by atoms with Gasteiger partial charge in [-0.1, -0.05) is 56.3 Å². The average molecular weight is 390 g/mol. The van der Waals surface area contributed by atoms with Gasteiger partial charge in [-0.05, 0) is 34.8 Å². The number of H-pyrrole nitrogens is 1. The van der Waals surface area contributed by atoms with Crippen LogP contribution < -0.4 is 5.32 Å². The zero-order valence-electron chi connectivity index (χ0n) is 16.9. The van der Waals surface area contributed by atoms with E-state index in [-0.39, 0.29) is 5.91 Å². The zero-order chi connectivity index (χ0) is 20.8. The number of benzene rings is 2. The molecule has 0 spiro atoms. The molecule has 1 amide bonds. The van der Waals surface area contributed by atoms with Gasteiger partial charge in [-0.3, -0.25) is 4.79 Å². The topological polar surface area (TPSA) is 71.2 Å². The first-order valence-corrected chi connectivity index (χ1v) is 9.69. The van der Waals surface area contributed by atoms with E-state index in [0.29, 0.717) is 12.3 Å². The van der Waals surface area contributed by atoms with Crippen LogP contribution in [0.3, 0.4) is 0 Å². The maximum Gasteiger partial charge on any atom is 0.328 e. The molecule has 5 heteroatoms. The number of nitrogens with one attached hydrogen (secondary N) is 2. The molecule has 1 unspecified atom stereocenters. The number of carbonyl (C=O) groups is 2. The SMILES string of the molecule is COC(=O)C(Cc1c[nH]c2ccccc12)NC(=O)C=Cc1ccc(C(C)C)cc1. The van der Waals surface area contributed by atoms with E-state index in [0.717, 1.165) is 22.0 Å². The van der Waals surface area contributed by atoms with Gasteiger partial charge in [-0.2, -0.15) is 0 Å². The van der Waals surface area contributed by atoms with Crippen molar-refractivity contribution in [2.75, 3.05) is 7.11 Å². The molecule has 2 aromatic carbocycles. The van der Waals surface area contributed by atoms with Crippen LogP contribution in [-0.2, 0) is 20.7 Å². The van der Waals surface area contributed by atoms with E-state index in [4.69, 9.17) is 4.74 Å². The Morgan fingerprint density at radius 1 is 1.10 bits per heavy atom. The summed E-state index contributed by atoms with van der Waals surface area (Å²) in [5, 5.41) is 3.78. The van der Waals surface area contributed by atoms with Crippen LogP contribution in [-0.4, -0.2) is 30.0 Å². The van der Waals surface area contributed by atoms with Gasteiger partial charge < -0.3 is 15.0 Å². The van der Waals surface area contributed by atoms with Crippen LogP contribution in [0.1, 0.15) is 36.5 Å². The van der Waals surface area contributed by atoms with E-state index in [2.05, 4.69) is 36.3 Å². The van der Waals surface area contributed by atoms with Crippen molar-refractivity contribution in [2.45, 2.75) is 32.2 Å². The third kappa shape index (κ3) is 5.13. The lowest BCUT2D eigenvalue weighted by Crippen LogP contribution is -2.42. The molecule has 0 bridgehead atoms. The van der Waals surface area contributed by atoms with Crippen molar-refractivity contribution >= 4 is 28.9 Å². The molecule has 0 radical (unpaired) electrons. The predicted molar refractivity (Wildman–Crippen MR) is 116 cm³/mol. The van der Waals surface area contributed by atoms with Gasteiger partial charge >= 0.3 is 5.97 Å². The second kappa shape index (κ2) is 9.24. The first-order chi connectivity index (χ1) is 14.0. The fourth-order valence-electron chi connectivity index (χ4n) is 3.24. The lowest BCUT2D eigenvalue weighted by molar-refractivity contribution is -0.144. The van der Waals surface area contributed by atoms with E-state index < -0.39 is 12.0 Å². The number of aromatic amines is 1. The number of amides is 1. The zero-order valence-corrected chi connectivity index (χ0v) is 16.9. The monoisotopic (exact) mass is 390 g/mol. The van der Waals surface area contributed by atoms with Crippen molar-refractivity contribution in [3.63, 3.8) is 0 Å². The first-order valence-electron chi connectivity index (χ1n) is 9.69. The summed E-state index contributed by atoms with van der Waals surface area (Å²) in [7, 11) is 1.32. The molecular formula is C24H26N2O3. The molecule has 0 fully saturated rings. The number of hydrogen-bond acceptors (Lipinski definition) is 3. The van der Waals surface area contributed by atoms with Gasteiger partial charge in [0.25, 0.3) is 0 Å². The second-order valence-electron chi connectivity index (χ2n) is 7.30. The van der Waals surface area contributed by atoms with Crippen molar-refractivity contribution in [3.05, 3.63) is 77.5 Å². The summed E-state index contributed by atoms with van der Waals surface area (Å²) in [5.41, 5.74) is 4.11. The van der Waals surface area contributed by atoms with Crippen LogP contribution in [0.4, 0.5) is 0 Å². The van der Waals surface area contributed by atoms with E-state index in [1.54, 1.807) is 6.08 Å². The quantitative estimate of drug-likeness (QED) is 0.469. The number of hydrogen-bond donors (Lipinski definition) is 2. The van der Waals surface area contributed by atoms with Crippen molar-refractivity contribution < 1.29 is 14.3 Å². The molecule has 1 atom stereocenters. The Morgan fingerprint density at radius 2 is 1.83 bits per heavy atom. The number of fused-ring (bicyclic) bond motifs is 1. The van der Waals surface area contributed by atoms with Crippen LogP contribution >= 0.6 is 0 Å². The summed E-state index contributed by atoms with van der Waals surface area (Å²) in [4.78, 5) is 27.8. The number of carbonyl (C=O) groups excluding carboxylic acids is 2. The third-order valence-electron chi connectivity index (χ3n) is 4.93. The Labute approximate surface area is 170 Å².